The van der Waals surface area contributed by atoms with Crippen molar-refractivity contribution in [2.45, 2.75) is 25.8 Å². The summed E-state index contributed by atoms with van der Waals surface area (Å²) in [6.07, 6.45) is 3.50. The fourth-order valence-electron chi connectivity index (χ4n) is 3.26. The number of aromatic nitrogens is 1. The first kappa shape index (κ1) is 21.4. The van der Waals surface area contributed by atoms with Crippen LogP contribution in [0.1, 0.15) is 17.5 Å². The number of halogens is 2. The topological polar surface area (TPSA) is 52.6 Å². The van der Waals surface area contributed by atoms with Gasteiger partial charge in [-0.3, -0.25) is 4.99 Å². The van der Waals surface area contributed by atoms with E-state index in [-0.39, 0.29) is 35.8 Å². The lowest BCUT2D eigenvalue weighted by Crippen LogP contribution is -2.45. The molecule has 3 rings (SSSR count). The predicted molar refractivity (Wildman–Crippen MR) is 120 cm³/mol. The highest BCUT2D eigenvalue weighted by atomic mass is 127. The number of hydrogen-bond acceptors (Lipinski definition) is 3. The van der Waals surface area contributed by atoms with Crippen molar-refractivity contribution in [2.24, 2.45) is 4.99 Å². The number of hydrogen-bond donors (Lipinski definition) is 2. The lowest BCUT2D eigenvalue weighted by Gasteiger charge is -2.20. The summed E-state index contributed by atoms with van der Waals surface area (Å²) in [6.45, 7) is 4.42. The van der Waals surface area contributed by atoms with Crippen LogP contribution in [-0.2, 0) is 6.42 Å². The number of pyridine rings is 1. The van der Waals surface area contributed by atoms with Crippen molar-refractivity contribution < 1.29 is 4.39 Å². The molecule has 1 atom stereocenters. The van der Waals surface area contributed by atoms with Gasteiger partial charge in [0, 0.05) is 38.9 Å². The smallest absolute Gasteiger partial charge is 0.191 e. The molecule has 1 aliphatic rings. The summed E-state index contributed by atoms with van der Waals surface area (Å²) in [7, 11) is 1.77. The number of aliphatic imine (C=N–C) groups is 1. The molecule has 0 aliphatic carbocycles. The van der Waals surface area contributed by atoms with Gasteiger partial charge in [-0.05, 0) is 37.5 Å². The maximum atomic E-state index is 13.9. The van der Waals surface area contributed by atoms with Crippen LogP contribution in [0.25, 0.3) is 0 Å². The molecular formula is C20H27FIN5. The Morgan fingerprint density at radius 2 is 2.19 bits per heavy atom. The van der Waals surface area contributed by atoms with Gasteiger partial charge in [-0.25, -0.2) is 9.37 Å². The van der Waals surface area contributed by atoms with Crippen LogP contribution < -0.4 is 15.5 Å². The van der Waals surface area contributed by atoms with E-state index < -0.39 is 0 Å². The first-order chi connectivity index (χ1) is 12.7. The van der Waals surface area contributed by atoms with Gasteiger partial charge in [0.15, 0.2) is 17.6 Å². The van der Waals surface area contributed by atoms with E-state index in [1.165, 1.54) is 17.2 Å². The molecule has 5 nitrogen and oxygen atoms in total. The van der Waals surface area contributed by atoms with Crippen LogP contribution in [0.15, 0.2) is 47.6 Å². The molecule has 1 fully saturated rings. The van der Waals surface area contributed by atoms with E-state index >= 15 is 0 Å². The highest BCUT2D eigenvalue weighted by molar-refractivity contribution is 14.0. The van der Waals surface area contributed by atoms with Crippen molar-refractivity contribution in [2.75, 3.05) is 31.6 Å². The number of benzene rings is 1. The summed E-state index contributed by atoms with van der Waals surface area (Å²) < 4.78 is 13.9. The first-order valence-electron chi connectivity index (χ1n) is 9.04. The fourth-order valence-corrected chi connectivity index (χ4v) is 3.26. The van der Waals surface area contributed by atoms with Crippen molar-refractivity contribution >= 4 is 35.8 Å². The Morgan fingerprint density at radius 1 is 1.33 bits per heavy atom. The molecule has 1 aliphatic heterocycles. The fraction of sp³-hybridized carbons (Fsp3) is 0.400. The highest BCUT2D eigenvalue weighted by Gasteiger charge is 2.25. The Labute approximate surface area is 177 Å². The minimum Gasteiger partial charge on any atom is -0.356 e. The number of aryl methyl sites for hydroxylation is 1. The summed E-state index contributed by atoms with van der Waals surface area (Å²) in [4.78, 5) is 10.4. The third-order valence-electron chi connectivity index (χ3n) is 4.58. The zero-order valence-electron chi connectivity index (χ0n) is 15.8. The lowest BCUT2D eigenvalue weighted by molar-refractivity contribution is 0.612. The Kier molecular flexibility index (Phi) is 8.27. The number of nitrogens with zero attached hydrogens (tertiary/aromatic N) is 3. The zero-order chi connectivity index (χ0) is 18.4. The molecule has 2 N–H and O–H groups in total. The highest BCUT2D eigenvalue weighted by Crippen LogP contribution is 2.20. The van der Waals surface area contributed by atoms with Gasteiger partial charge in [0.2, 0.25) is 0 Å². The number of guanidine groups is 1. The predicted octanol–water partition coefficient (Wildman–Crippen LogP) is 3.13. The van der Waals surface area contributed by atoms with E-state index in [1.807, 2.05) is 4.90 Å². The van der Waals surface area contributed by atoms with Gasteiger partial charge in [0.25, 0.3) is 0 Å². The third kappa shape index (κ3) is 6.05. The van der Waals surface area contributed by atoms with E-state index in [0.717, 1.165) is 31.9 Å². The summed E-state index contributed by atoms with van der Waals surface area (Å²) in [5.74, 6) is 0.944. The number of anilines is 1. The number of nitrogens with one attached hydrogen (secondary N) is 2. The largest absolute Gasteiger partial charge is 0.356 e. The molecule has 0 amide bonds. The van der Waals surface area contributed by atoms with Gasteiger partial charge < -0.3 is 15.5 Å². The molecule has 2 heterocycles. The van der Waals surface area contributed by atoms with Crippen molar-refractivity contribution in [1.82, 2.24) is 15.6 Å². The number of rotatable bonds is 5. The Morgan fingerprint density at radius 3 is 2.93 bits per heavy atom. The van der Waals surface area contributed by atoms with Gasteiger partial charge in [-0.1, -0.05) is 29.8 Å². The van der Waals surface area contributed by atoms with Crippen LogP contribution in [0.4, 0.5) is 10.2 Å². The molecule has 0 bridgehead atoms. The maximum Gasteiger partial charge on any atom is 0.191 e. The molecule has 0 radical (unpaired) electrons. The SMILES string of the molecule is CN=C(NCCc1cccc(C)c1)NC1CCN(c2ncccc2F)C1.I. The molecule has 1 saturated heterocycles. The van der Waals surface area contributed by atoms with Crippen molar-refractivity contribution in [3.8, 4) is 0 Å². The monoisotopic (exact) mass is 483 g/mol. The van der Waals surface area contributed by atoms with Crippen LogP contribution in [0.3, 0.4) is 0 Å². The molecule has 27 heavy (non-hydrogen) atoms. The minimum atomic E-state index is -0.270. The van der Waals surface area contributed by atoms with Gasteiger partial charge in [-0.15, -0.1) is 24.0 Å². The quantitative estimate of drug-likeness (QED) is 0.390. The Balaban J connectivity index is 0.00000261. The molecular weight excluding hydrogens is 456 g/mol. The molecule has 0 saturated carbocycles. The van der Waals surface area contributed by atoms with E-state index in [0.29, 0.717) is 12.4 Å². The van der Waals surface area contributed by atoms with Crippen molar-refractivity contribution in [3.05, 3.63) is 59.5 Å². The second-order valence-electron chi connectivity index (χ2n) is 6.62. The first-order valence-corrected chi connectivity index (χ1v) is 9.04. The molecule has 1 unspecified atom stereocenters. The molecule has 1 aromatic carbocycles. The summed E-state index contributed by atoms with van der Waals surface area (Å²) in [5, 5.41) is 6.79. The maximum absolute atomic E-state index is 13.9. The van der Waals surface area contributed by atoms with Gasteiger partial charge >= 0.3 is 0 Å². The van der Waals surface area contributed by atoms with Crippen molar-refractivity contribution in [1.29, 1.82) is 0 Å². The van der Waals surface area contributed by atoms with E-state index in [2.05, 4.69) is 51.8 Å². The molecule has 1 aromatic heterocycles. The van der Waals surface area contributed by atoms with E-state index in [4.69, 9.17) is 0 Å². The standard InChI is InChI=1S/C20H26FN5.HI/c1-15-5-3-6-16(13-15)8-11-24-20(22-2)25-17-9-12-26(14-17)19-18(21)7-4-10-23-19;/h3-7,10,13,17H,8-9,11-12,14H2,1-2H3,(H2,22,24,25);1H. The van der Waals surface area contributed by atoms with Crippen LogP contribution in [-0.4, -0.2) is 43.7 Å². The van der Waals surface area contributed by atoms with E-state index in [1.54, 1.807) is 19.3 Å². The molecule has 2 aromatic rings. The molecule has 0 spiro atoms. The third-order valence-corrected chi connectivity index (χ3v) is 4.58. The van der Waals surface area contributed by atoms with Gasteiger partial charge in [-0.2, -0.15) is 0 Å². The zero-order valence-corrected chi connectivity index (χ0v) is 18.1. The average molecular weight is 483 g/mol. The summed E-state index contributed by atoms with van der Waals surface area (Å²) in [5.41, 5.74) is 2.59. The van der Waals surface area contributed by atoms with Crippen LogP contribution in [0, 0.1) is 12.7 Å². The van der Waals surface area contributed by atoms with Gasteiger partial charge in [0.05, 0.1) is 0 Å². The summed E-state index contributed by atoms with van der Waals surface area (Å²) >= 11 is 0. The van der Waals surface area contributed by atoms with Crippen LogP contribution in [0.2, 0.25) is 0 Å². The minimum absolute atomic E-state index is 0. The van der Waals surface area contributed by atoms with Gasteiger partial charge in [0.1, 0.15) is 0 Å². The second kappa shape index (κ2) is 10.4. The Hall–Kier alpha value is -1.90. The molecule has 146 valence electrons. The van der Waals surface area contributed by atoms with Crippen LogP contribution >= 0.6 is 24.0 Å². The Bertz CT molecular complexity index is 768. The van der Waals surface area contributed by atoms with Crippen molar-refractivity contribution in [3.63, 3.8) is 0 Å². The lowest BCUT2D eigenvalue weighted by atomic mass is 10.1. The van der Waals surface area contributed by atoms with Crippen LogP contribution in [0.5, 0.6) is 0 Å². The average Bonchev–Trinajstić information content (AvgIpc) is 3.09. The molecule has 7 heteroatoms. The summed E-state index contributed by atoms with van der Waals surface area (Å²) in [6, 6.07) is 11.8. The van der Waals surface area contributed by atoms with E-state index in [9.17, 15) is 4.39 Å². The second-order valence-corrected chi connectivity index (χ2v) is 6.62. The normalized spacial score (nSPS) is 16.8.